The molecule has 6 nitrogen and oxygen atoms in total. The number of piperidine rings is 1. The molecule has 7 heteroatoms. The number of aryl methyl sites for hydroxylation is 1. The van der Waals surface area contributed by atoms with Crippen LogP contribution in [0.5, 0.6) is 0 Å². The van der Waals surface area contributed by atoms with Crippen LogP contribution in [0.3, 0.4) is 0 Å². The molecule has 1 aliphatic heterocycles. The maximum Gasteiger partial charge on any atom is 0.206 e. The Morgan fingerprint density at radius 2 is 2.25 bits per heavy atom. The lowest BCUT2D eigenvalue weighted by atomic mass is 9.99. The van der Waals surface area contributed by atoms with Gasteiger partial charge < -0.3 is 4.90 Å². The number of fused-ring (bicyclic) bond motifs is 1. The number of quaternary nitrogens is 1. The van der Waals surface area contributed by atoms with Gasteiger partial charge in [0, 0.05) is 6.54 Å². The fraction of sp³-hybridized carbons (Fsp3) is 0.529. The van der Waals surface area contributed by atoms with E-state index in [1.54, 1.807) is 4.90 Å². The maximum atomic E-state index is 4.87. The minimum absolute atomic E-state index is 0.557. The van der Waals surface area contributed by atoms with Gasteiger partial charge in [0.2, 0.25) is 5.82 Å². The van der Waals surface area contributed by atoms with Crippen LogP contribution in [0, 0.1) is 0 Å². The summed E-state index contributed by atoms with van der Waals surface area (Å²) in [7, 11) is 0. The number of benzene rings is 1. The Morgan fingerprint density at radius 3 is 3.12 bits per heavy atom. The number of rotatable bonds is 5. The van der Waals surface area contributed by atoms with E-state index in [1.165, 1.54) is 29.1 Å². The molecule has 1 fully saturated rings. The molecule has 3 heterocycles. The number of tetrazole rings is 1. The van der Waals surface area contributed by atoms with E-state index in [9.17, 15) is 0 Å². The van der Waals surface area contributed by atoms with E-state index in [0.717, 1.165) is 37.4 Å². The highest BCUT2D eigenvalue weighted by atomic mass is 32.1. The van der Waals surface area contributed by atoms with Crippen LogP contribution >= 0.6 is 11.3 Å². The molecule has 24 heavy (non-hydrogen) atoms. The average molecular weight is 343 g/mol. The Labute approximate surface area is 145 Å². The van der Waals surface area contributed by atoms with Crippen LogP contribution in [0.15, 0.2) is 24.3 Å². The van der Waals surface area contributed by atoms with Crippen LogP contribution in [-0.4, -0.2) is 38.3 Å². The summed E-state index contributed by atoms with van der Waals surface area (Å²) in [6.45, 7) is 6.28. The highest BCUT2D eigenvalue weighted by molar-refractivity contribution is 7.18. The van der Waals surface area contributed by atoms with Gasteiger partial charge in [0.05, 0.1) is 29.2 Å². The van der Waals surface area contributed by atoms with Crippen LogP contribution in [0.25, 0.3) is 10.2 Å². The Kier molecular flexibility index (Phi) is 4.53. The van der Waals surface area contributed by atoms with Gasteiger partial charge in [0.25, 0.3) is 0 Å². The number of hydrogen-bond donors (Lipinski definition) is 1. The first kappa shape index (κ1) is 15.7. The van der Waals surface area contributed by atoms with Crippen molar-refractivity contribution in [3.8, 4) is 0 Å². The van der Waals surface area contributed by atoms with Gasteiger partial charge >= 0.3 is 0 Å². The normalized spacial score (nSPS) is 21.4. The number of nitrogens with zero attached hydrogens (tertiary/aromatic N) is 5. The summed E-state index contributed by atoms with van der Waals surface area (Å²) < 4.78 is 3.25. The van der Waals surface area contributed by atoms with Gasteiger partial charge in [0.15, 0.2) is 0 Å². The zero-order valence-electron chi connectivity index (χ0n) is 14.0. The van der Waals surface area contributed by atoms with Crippen LogP contribution in [0.1, 0.15) is 42.9 Å². The minimum Gasteiger partial charge on any atom is -0.328 e. The first-order valence-corrected chi connectivity index (χ1v) is 9.59. The Bertz CT molecular complexity index is 777. The van der Waals surface area contributed by atoms with Crippen molar-refractivity contribution in [1.29, 1.82) is 0 Å². The molecular weight excluding hydrogens is 320 g/mol. The molecule has 1 unspecified atom stereocenters. The topological polar surface area (TPSA) is 60.9 Å². The summed E-state index contributed by atoms with van der Waals surface area (Å²) in [5.74, 6) is 1.57. The quantitative estimate of drug-likeness (QED) is 0.765. The van der Waals surface area contributed by atoms with E-state index in [2.05, 4.69) is 46.7 Å². The van der Waals surface area contributed by atoms with Gasteiger partial charge in [-0.3, -0.25) is 0 Å². The monoisotopic (exact) mass is 343 g/mol. The number of hydrogen-bond acceptors (Lipinski definition) is 5. The second-order valence-corrected chi connectivity index (χ2v) is 7.62. The molecule has 1 N–H and O–H groups in total. The van der Waals surface area contributed by atoms with Crippen molar-refractivity contribution < 1.29 is 4.90 Å². The maximum absolute atomic E-state index is 4.87. The van der Waals surface area contributed by atoms with Crippen molar-refractivity contribution in [1.82, 2.24) is 25.2 Å². The lowest BCUT2D eigenvalue weighted by molar-refractivity contribution is -0.920. The molecular formula is C17H23N6S+. The third kappa shape index (κ3) is 3.18. The summed E-state index contributed by atoms with van der Waals surface area (Å²) in [6.07, 6.45) is 3.54. The molecule has 0 amide bonds. The summed E-state index contributed by atoms with van der Waals surface area (Å²) in [4.78, 5) is 6.44. The van der Waals surface area contributed by atoms with Crippen LogP contribution in [0.4, 0.5) is 0 Å². The zero-order valence-corrected chi connectivity index (χ0v) is 14.8. The molecule has 4 rings (SSSR count). The van der Waals surface area contributed by atoms with E-state index < -0.39 is 0 Å². The largest absolute Gasteiger partial charge is 0.328 e. The van der Waals surface area contributed by atoms with Gasteiger partial charge in [0.1, 0.15) is 11.6 Å². The van der Waals surface area contributed by atoms with Crippen molar-refractivity contribution >= 4 is 21.6 Å². The first-order valence-electron chi connectivity index (χ1n) is 8.77. The highest BCUT2D eigenvalue weighted by Gasteiger charge is 2.28. The van der Waals surface area contributed by atoms with Gasteiger partial charge in [-0.15, -0.1) is 16.4 Å². The summed E-state index contributed by atoms with van der Waals surface area (Å²) in [5.41, 5.74) is 1.14. The number of thiazole rings is 1. The second-order valence-electron chi connectivity index (χ2n) is 6.56. The van der Waals surface area contributed by atoms with E-state index in [4.69, 9.17) is 4.98 Å². The number of likely N-dealkylation sites (tertiary alicyclic amines) is 1. The smallest absolute Gasteiger partial charge is 0.206 e. The lowest BCUT2D eigenvalue weighted by Gasteiger charge is -2.28. The lowest BCUT2D eigenvalue weighted by Crippen LogP contribution is -3.12. The standard InChI is InChI=1S/C17H22N6S/c1-2-9-23-16(19-20-21-23)12-22-10-5-6-13(11-22)17-18-14-7-3-4-8-15(14)24-17/h3-4,7-8,13H,2,5-6,9-12H2,1H3/p+1/t13-/m0/s1. The van der Waals surface area contributed by atoms with E-state index in [0.29, 0.717) is 5.92 Å². The Hall–Kier alpha value is -1.86. The minimum atomic E-state index is 0.557. The van der Waals surface area contributed by atoms with E-state index in [1.807, 2.05) is 16.0 Å². The van der Waals surface area contributed by atoms with Crippen molar-refractivity contribution in [2.75, 3.05) is 13.1 Å². The molecule has 1 aliphatic rings. The predicted octanol–water partition coefficient (Wildman–Crippen LogP) is 1.66. The molecule has 3 aromatic rings. The molecule has 0 radical (unpaired) electrons. The molecule has 2 atom stereocenters. The zero-order chi connectivity index (χ0) is 16.4. The first-order chi connectivity index (χ1) is 11.8. The molecule has 0 bridgehead atoms. The van der Waals surface area contributed by atoms with Crippen molar-refractivity contribution in [2.45, 2.75) is 45.2 Å². The highest BCUT2D eigenvalue weighted by Crippen LogP contribution is 2.30. The number of nitrogens with one attached hydrogen (secondary N) is 1. The SMILES string of the molecule is CCCn1nnnc1C[NH+]1CCC[C@H](c2nc3ccccc3s2)C1. The van der Waals surface area contributed by atoms with Crippen molar-refractivity contribution in [2.24, 2.45) is 0 Å². The molecule has 126 valence electrons. The van der Waals surface area contributed by atoms with Crippen LogP contribution in [0.2, 0.25) is 0 Å². The Morgan fingerprint density at radius 1 is 1.33 bits per heavy atom. The number of aromatic nitrogens is 5. The van der Waals surface area contributed by atoms with Crippen LogP contribution in [-0.2, 0) is 13.1 Å². The van der Waals surface area contributed by atoms with E-state index >= 15 is 0 Å². The fourth-order valence-electron chi connectivity index (χ4n) is 3.55. The molecule has 1 aromatic carbocycles. The second kappa shape index (κ2) is 6.94. The third-order valence-electron chi connectivity index (χ3n) is 4.73. The predicted molar refractivity (Wildman–Crippen MR) is 94.1 cm³/mol. The average Bonchev–Trinajstić information content (AvgIpc) is 3.22. The van der Waals surface area contributed by atoms with Gasteiger partial charge in [-0.25, -0.2) is 9.67 Å². The molecule has 2 aromatic heterocycles. The van der Waals surface area contributed by atoms with Gasteiger partial charge in [-0.1, -0.05) is 19.1 Å². The summed E-state index contributed by atoms with van der Waals surface area (Å²) in [5, 5.41) is 13.5. The molecule has 0 spiro atoms. The fourth-order valence-corrected chi connectivity index (χ4v) is 4.65. The number of para-hydroxylation sites is 1. The van der Waals surface area contributed by atoms with Crippen LogP contribution < -0.4 is 4.90 Å². The molecule has 0 saturated carbocycles. The van der Waals surface area contributed by atoms with Crippen molar-refractivity contribution in [3.63, 3.8) is 0 Å². The van der Waals surface area contributed by atoms with E-state index in [-0.39, 0.29) is 0 Å². The van der Waals surface area contributed by atoms with Crippen molar-refractivity contribution in [3.05, 3.63) is 35.1 Å². The van der Waals surface area contributed by atoms with Gasteiger partial charge in [-0.05, 0) is 41.8 Å². The summed E-state index contributed by atoms with van der Waals surface area (Å²) in [6, 6.07) is 8.44. The molecule has 1 saturated heterocycles. The Balaban J connectivity index is 1.48. The van der Waals surface area contributed by atoms with Gasteiger partial charge in [-0.2, -0.15) is 0 Å². The summed E-state index contributed by atoms with van der Waals surface area (Å²) >= 11 is 1.86. The third-order valence-corrected chi connectivity index (χ3v) is 5.93. The molecule has 0 aliphatic carbocycles.